The first kappa shape index (κ1) is 12.5. The van der Waals surface area contributed by atoms with Crippen LogP contribution in [0.2, 0.25) is 0 Å². The molecule has 1 aliphatic rings. The minimum atomic E-state index is -0.609. The molecular formula is C10H15NO5. The molecule has 1 amide bonds. The predicted molar refractivity (Wildman–Crippen MR) is 53.0 cm³/mol. The van der Waals surface area contributed by atoms with Crippen molar-refractivity contribution >= 4 is 17.8 Å². The second-order valence-electron chi connectivity index (χ2n) is 3.85. The van der Waals surface area contributed by atoms with Gasteiger partial charge in [-0.25, -0.2) is 0 Å². The molecule has 2 N–H and O–H groups in total. The van der Waals surface area contributed by atoms with Gasteiger partial charge in [0.1, 0.15) is 6.10 Å². The minimum absolute atomic E-state index is 0.278. The zero-order valence-electron chi connectivity index (χ0n) is 9.26. The molecule has 1 rings (SSSR count). The van der Waals surface area contributed by atoms with E-state index in [1.54, 1.807) is 0 Å². The van der Waals surface area contributed by atoms with Crippen molar-refractivity contribution in [2.75, 3.05) is 7.11 Å². The molecule has 6 heteroatoms. The van der Waals surface area contributed by atoms with Gasteiger partial charge < -0.3 is 15.2 Å². The van der Waals surface area contributed by atoms with Crippen LogP contribution in [-0.4, -0.2) is 31.1 Å². The molecule has 90 valence electrons. The van der Waals surface area contributed by atoms with Crippen molar-refractivity contribution in [3.63, 3.8) is 0 Å². The zero-order chi connectivity index (χ0) is 12.3. The zero-order valence-corrected chi connectivity index (χ0v) is 9.26. The van der Waals surface area contributed by atoms with Gasteiger partial charge in [-0.3, -0.25) is 14.4 Å². The number of carbonyl (C=O) groups excluding carboxylic acids is 3. The van der Waals surface area contributed by atoms with Crippen molar-refractivity contribution in [2.24, 2.45) is 17.6 Å². The Labute approximate surface area is 93.1 Å². The summed E-state index contributed by atoms with van der Waals surface area (Å²) in [7, 11) is 1.25. The van der Waals surface area contributed by atoms with Crippen LogP contribution in [0.5, 0.6) is 0 Å². The minimum Gasteiger partial charge on any atom is -0.469 e. The van der Waals surface area contributed by atoms with Crippen LogP contribution in [0.25, 0.3) is 0 Å². The monoisotopic (exact) mass is 229 g/mol. The Balaban J connectivity index is 2.74. The van der Waals surface area contributed by atoms with Crippen LogP contribution in [0, 0.1) is 11.8 Å². The third kappa shape index (κ3) is 2.71. The molecular weight excluding hydrogens is 214 g/mol. The van der Waals surface area contributed by atoms with Gasteiger partial charge in [0, 0.05) is 12.8 Å². The average molecular weight is 229 g/mol. The Morgan fingerprint density at radius 3 is 2.31 bits per heavy atom. The molecule has 0 aromatic heterocycles. The van der Waals surface area contributed by atoms with Gasteiger partial charge in [0.05, 0.1) is 13.0 Å². The third-order valence-corrected chi connectivity index (χ3v) is 2.73. The van der Waals surface area contributed by atoms with E-state index in [0.717, 1.165) is 0 Å². The van der Waals surface area contributed by atoms with E-state index < -0.39 is 35.8 Å². The molecule has 0 spiro atoms. The topological polar surface area (TPSA) is 95.7 Å². The van der Waals surface area contributed by atoms with Crippen LogP contribution in [0.15, 0.2) is 0 Å². The number of carbonyl (C=O) groups is 3. The molecule has 0 saturated heterocycles. The second kappa shape index (κ2) is 4.96. The van der Waals surface area contributed by atoms with Gasteiger partial charge in [0.25, 0.3) is 0 Å². The first-order valence-corrected chi connectivity index (χ1v) is 5.00. The largest absolute Gasteiger partial charge is 0.469 e. The van der Waals surface area contributed by atoms with E-state index in [1.165, 1.54) is 14.0 Å². The van der Waals surface area contributed by atoms with Gasteiger partial charge in [0.15, 0.2) is 0 Å². The van der Waals surface area contributed by atoms with Crippen LogP contribution >= 0.6 is 0 Å². The van der Waals surface area contributed by atoms with Crippen molar-refractivity contribution < 1.29 is 23.9 Å². The fraction of sp³-hybridized carbons (Fsp3) is 0.700. The Morgan fingerprint density at radius 2 is 1.88 bits per heavy atom. The Kier molecular flexibility index (Phi) is 3.87. The molecule has 6 nitrogen and oxygen atoms in total. The molecule has 0 bridgehead atoms. The van der Waals surface area contributed by atoms with Crippen LogP contribution in [0.4, 0.5) is 0 Å². The molecule has 16 heavy (non-hydrogen) atoms. The van der Waals surface area contributed by atoms with E-state index in [-0.39, 0.29) is 12.8 Å². The number of amides is 1. The normalized spacial score (nSPS) is 28.5. The number of nitrogens with two attached hydrogens (primary N) is 1. The molecule has 0 heterocycles. The van der Waals surface area contributed by atoms with E-state index in [9.17, 15) is 14.4 Å². The van der Waals surface area contributed by atoms with Gasteiger partial charge in [-0.1, -0.05) is 0 Å². The molecule has 0 aromatic carbocycles. The molecule has 3 atom stereocenters. The highest BCUT2D eigenvalue weighted by molar-refractivity contribution is 5.80. The van der Waals surface area contributed by atoms with Crippen molar-refractivity contribution in [1.82, 2.24) is 0 Å². The summed E-state index contributed by atoms with van der Waals surface area (Å²) in [6.07, 6.45) is -0.0447. The van der Waals surface area contributed by atoms with Crippen LogP contribution in [0.3, 0.4) is 0 Å². The van der Waals surface area contributed by atoms with E-state index in [2.05, 4.69) is 4.74 Å². The van der Waals surface area contributed by atoms with E-state index in [1.807, 2.05) is 0 Å². The quantitative estimate of drug-likeness (QED) is 0.664. The maximum absolute atomic E-state index is 11.4. The van der Waals surface area contributed by atoms with Gasteiger partial charge >= 0.3 is 11.9 Å². The SMILES string of the molecule is COC(=O)[C@@H]1C[C@H](C(N)=O)C[C@H]1OC(C)=O. The summed E-state index contributed by atoms with van der Waals surface area (Å²) in [4.78, 5) is 33.3. The predicted octanol–water partition coefficient (Wildman–Crippen LogP) is -0.397. The number of esters is 2. The highest BCUT2D eigenvalue weighted by Crippen LogP contribution is 2.34. The lowest BCUT2D eigenvalue weighted by Crippen LogP contribution is -2.28. The van der Waals surface area contributed by atoms with Crippen LogP contribution < -0.4 is 5.73 Å². The second-order valence-corrected chi connectivity index (χ2v) is 3.85. The number of rotatable bonds is 3. The maximum Gasteiger partial charge on any atom is 0.312 e. The summed E-state index contributed by atoms with van der Waals surface area (Å²) in [5.41, 5.74) is 5.16. The van der Waals surface area contributed by atoms with Crippen molar-refractivity contribution in [3.05, 3.63) is 0 Å². The standard InChI is InChI=1S/C10H15NO5/c1-5(12)16-8-4-6(9(11)13)3-7(8)10(14)15-2/h6-8H,3-4H2,1-2H3,(H2,11,13)/t6-,7+,8+/m0/s1. The van der Waals surface area contributed by atoms with E-state index in [0.29, 0.717) is 0 Å². The summed E-state index contributed by atoms with van der Waals surface area (Å²) in [5.74, 6) is -2.47. The molecule has 0 radical (unpaired) electrons. The van der Waals surface area contributed by atoms with Gasteiger partial charge in [0.2, 0.25) is 5.91 Å². The van der Waals surface area contributed by atoms with E-state index in [4.69, 9.17) is 10.5 Å². The molecule has 1 fully saturated rings. The van der Waals surface area contributed by atoms with Crippen molar-refractivity contribution in [2.45, 2.75) is 25.9 Å². The smallest absolute Gasteiger partial charge is 0.312 e. The lowest BCUT2D eigenvalue weighted by molar-refractivity contribution is -0.156. The molecule has 0 aromatic rings. The lowest BCUT2D eigenvalue weighted by atomic mass is 10.0. The molecule has 1 saturated carbocycles. The summed E-state index contributed by atoms with van der Waals surface area (Å²) in [6, 6.07) is 0. The molecule has 0 aliphatic heterocycles. The van der Waals surface area contributed by atoms with Crippen LogP contribution in [0.1, 0.15) is 19.8 Å². The van der Waals surface area contributed by atoms with Crippen molar-refractivity contribution in [3.8, 4) is 0 Å². The molecule has 0 unspecified atom stereocenters. The third-order valence-electron chi connectivity index (χ3n) is 2.73. The first-order valence-electron chi connectivity index (χ1n) is 5.00. The number of ether oxygens (including phenoxy) is 2. The number of methoxy groups -OCH3 is 1. The van der Waals surface area contributed by atoms with Crippen molar-refractivity contribution in [1.29, 1.82) is 0 Å². The highest BCUT2D eigenvalue weighted by Gasteiger charge is 2.43. The Morgan fingerprint density at radius 1 is 1.25 bits per heavy atom. The summed E-state index contributed by atoms with van der Waals surface area (Å²) in [6.45, 7) is 1.26. The number of hydrogen-bond donors (Lipinski definition) is 1. The lowest BCUT2D eigenvalue weighted by Gasteiger charge is -2.16. The maximum atomic E-state index is 11.4. The van der Waals surface area contributed by atoms with Crippen LogP contribution in [-0.2, 0) is 23.9 Å². The fourth-order valence-corrected chi connectivity index (χ4v) is 1.97. The Hall–Kier alpha value is -1.59. The first-order chi connectivity index (χ1) is 7.45. The van der Waals surface area contributed by atoms with Gasteiger partial charge in [-0.2, -0.15) is 0 Å². The number of hydrogen-bond acceptors (Lipinski definition) is 5. The Bertz CT molecular complexity index is 314. The number of primary amides is 1. The summed E-state index contributed by atoms with van der Waals surface area (Å²) < 4.78 is 9.57. The fourth-order valence-electron chi connectivity index (χ4n) is 1.97. The highest BCUT2D eigenvalue weighted by atomic mass is 16.6. The summed E-state index contributed by atoms with van der Waals surface area (Å²) >= 11 is 0. The van der Waals surface area contributed by atoms with E-state index >= 15 is 0 Å². The molecule has 1 aliphatic carbocycles. The summed E-state index contributed by atoms with van der Waals surface area (Å²) in [5, 5.41) is 0. The van der Waals surface area contributed by atoms with Gasteiger partial charge in [-0.05, 0) is 12.8 Å². The van der Waals surface area contributed by atoms with Gasteiger partial charge in [-0.15, -0.1) is 0 Å². The average Bonchev–Trinajstić information content (AvgIpc) is 2.59.